The van der Waals surface area contributed by atoms with E-state index >= 15 is 0 Å². The van der Waals surface area contributed by atoms with E-state index in [0.29, 0.717) is 6.61 Å². The molecule has 1 heterocycles. The molecule has 0 aliphatic carbocycles. The predicted octanol–water partition coefficient (Wildman–Crippen LogP) is 2.92. The maximum Gasteiger partial charge on any atom is 0.162 e. The first-order valence-corrected chi connectivity index (χ1v) is 6.49. The van der Waals surface area contributed by atoms with Gasteiger partial charge in [0.25, 0.3) is 0 Å². The normalized spacial score (nSPS) is 17.2. The monoisotopic (exact) mass is 255 g/mol. The zero-order chi connectivity index (χ0) is 13.1. The summed E-state index contributed by atoms with van der Waals surface area (Å²) in [6.45, 7) is 1.44. The van der Waals surface area contributed by atoms with Crippen LogP contribution in [-0.4, -0.2) is 13.7 Å². The summed E-state index contributed by atoms with van der Waals surface area (Å²) in [5.74, 6) is 1.64. The van der Waals surface area contributed by atoms with Crippen molar-refractivity contribution in [2.45, 2.75) is 12.6 Å². The van der Waals surface area contributed by atoms with Crippen LogP contribution in [0.4, 0.5) is 0 Å². The highest BCUT2D eigenvalue weighted by molar-refractivity contribution is 5.41. The second kappa shape index (κ2) is 5.33. The van der Waals surface area contributed by atoms with Gasteiger partial charge in [-0.05, 0) is 30.3 Å². The van der Waals surface area contributed by atoms with Crippen LogP contribution >= 0.6 is 0 Å². The van der Waals surface area contributed by atoms with Crippen molar-refractivity contribution in [1.29, 1.82) is 0 Å². The number of para-hydroxylation sites is 2. The molecule has 1 N–H and O–H groups in total. The van der Waals surface area contributed by atoms with Crippen molar-refractivity contribution >= 4 is 0 Å². The molecule has 0 radical (unpaired) electrons. The van der Waals surface area contributed by atoms with Crippen LogP contribution in [0.1, 0.15) is 17.2 Å². The second-order valence-electron chi connectivity index (χ2n) is 4.64. The number of hydrogen-bond acceptors (Lipinski definition) is 3. The highest BCUT2D eigenvalue weighted by atomic mass is 16.6. The van der Waals surface area contributed by atoms with Gasteiger partial charge in [-0.15, -0.1) is 0 Å². The first-order chi connectivity index (χ1) is 9.36. The number of ether oxygens (including phenoxy) is 2. The molecule has 0 aromatic heterocycles. The zero-order valence-electron chi connectivity index (χ0n) is 10.9. The van der Waals surface area contributed by atoms with Crippen molar-refractivity contribution in [1.82, 2.24) is 5.32 Å². The molecule has 2 aromatic rings. The third-order valence-electron chi connectivity index (χ3n) is 3.24. The molecular weight excluding hydrogens is 238 g/mol. The van der Waals surface area contributed by atoms with Crippen LogP contribution in [0.3, 0.4) is 0 Å². The molecule has 2 aromatic carbocycles. The summed E-state index contributed by atoms with van der Waals surface area (Å²) in [4.78, 5) is 0. The SMILES string of the molecule is CNCc1ccc([C@H]2COc3ccccc3O2)cc1. The van der Waals surface area contributed by atoms with Gasteiger partial charge in [-0.1, -0.05) is 36.4 Å². The fourth-order valence-corrected chi connectivity index (χ4v) is 2.24. The first kappa shape index (κ1) is 12.1. The van der Waals surface area contributed by atoms with Crippen molar-refractivity contribution < 1.29 is 9.47 Å². The second-order valence-corrected chi connectivity index (χ2v) is 4.64. The molecule has 1 aliphatic heterocycles. The molecule has 3 heteroatoms. The van der Waals surface area contributed by atoms with Crippen LogP contribution in [0, 0.1) is 0 Å². The van der Waals surface area contributed by atoms with Crippen LogP contribution in [0.15, 0.2) is 48.5 Å². The van der Waals surface area contributed by atoms with Gasteiger partial charge >= 0.3 is 0 Å². The lowest BCUT2D eigenvalue weighted by atomic mass is 10.1. The van der Waals surface area contributed by atoms with E-state index in [1.807, 2.05) is 31.3 Å². The van der Waals surface area contributed by atoms with Gasteiger partial charge in [0.05, 0.1) is 0 Å². The van der Waals surface area contributed by atoms with E-state index in [0.717, 1.165) is 23.6 Å². The fraction of sp³-hybridized carbons (Fsp3) is 0.250. The highest BCUT2D eigenvalue weighted by Gasteiger charge is 2.21. The zero-order valence-corrected chi connectivity index (χ0v) is 10.9. The fourth-order valence-electron chi connectivity index (χ4n) is 2.24. The minimum atomic E-state index is -0.0291. The Balaban J connectivity index is 1.77. The molecule has 0 bridgehead atoms. The number of hydrogen-bond donors (Lipinski definition) is 1. The summed E-state index contributed by atoms with van der Waals surface area (Å²) in [7, 11) is 1.95. The average Bonchev–Trinajstić information content (AvgIpc) is 2.48. The van der Waals surface area contributed by atoms with Crippen LogP contribution < -0.4 is 14.8 Å². The van der Waals surface area contributed by atoms with E-state index < -0.39 is 0 Å². The molecule has 0 fully saturated rings. The van der Waals surface area contributed by atoms with E-state index in [4.69, 9.17) is 9.47 Å². The summed E-state index contributed by atoms with van der Waals surface area (Å²) in [5, 5.41) is 3.14. The molecule has 0 spiro atoms. The minimum Gasteiger partial charge on any atom is -0.485 e. The lowest BCUT2D eigenvalue weighted by Crippen LogP contribution is -2.21. The number of nitrogens with one attached hydrogen (secondary N) is 1. The van der Waals surface area contributed by atoms with Gasteiger partial charge < -0.3 is 14.8 Å². The number of benzene rings is 2. The maximum atomic E-state index is 5.98. The summed E-state index contributed by atoms with van der Waals surface area (Å²) in [6.07, 6.45) is -0.0291. The van der Waals surface area contributed by atoms with E-state index in [1.165, 1.54) is 5.56 Å². The standard InChI is InChI=1S/C16H17NO2/c1-17-10-12-6-8-13(9-7-12)16-11-18-14-4-2-3-5-15(14)19-16/h2-9,16-17H,10-11H2,1H3/t16-/m1/s1. The van der Waals surface area contributed by atoms with Crippen molar-refractivity contribution in [3.05, 3.63) is 59.7 Å². The number of rotatable bonds is 3. The lowest BCUT2D eigenvalue weighted by Gasteiger charge is -2.26. The summed E-state index contributed by atoms with van der Waals surface area (Å²) >= 11 is 0. The Hall–Kier alpha value is -2.00. The number of fused-ring (bicyclic) bond motifs is 1. The molecule has 0 saturated carbocycles. The van der Waals surface area contributed by atoms with Crippen LogP contribution in [-0.2, 0) is 6.54 Å². The van der Waals surface area contributed by atoms with E-state index in [-0.39, 0.29) is 6.10 Å². The van der Waals surface area contributed by atoms with E-state index in [2.05, 4.69) is 29.6 Å². The topological polar surface area (TPSA) is 30.5 Å². The molecule has 19 heavy (non-hydrogen) atoms. The predicted molar refractivity (Wildman–Crippen MR) is 74.5 cm³/mol. The lowest BCUT2D eigenvalue weighted by molar-refractivity contribution is 0.0913. The molecule has 3 rings (SSSR count). The molecule has 1 atom stereocenters. The molecule has 1 aliphatic rings. The summed E-state index contributed by atoms with van der Waals surface area (Å²) in [6, 6.07) is 16.2. The van der Waals surface area contributed by atoms with Gasteiger partial charge in [0.1, 0.15) is 6.61 Å². The summed E-state index contributed by atoms with van der Waals surface area (Å²) in [5.41, 5.74) is 2.41. The Morgan fingerprint density at radius 1 is 1.05 bits per heavy atom. The Kier molecular flexibility index (Phi) is 3.38. The van der Waals surface area contributed by atoms with Crippen molar-refractivity contribution in [3.63, 3.8) is 0 Å². The van der Waals surface area contributed by atoms with Crippen LogP contribution in [0.5, 0.6) is 11.5 Å². The molecule has 0 amide bonds. The minimum absolute atomic E-state index is 0.0291. The molecule has 3 nitrogen and oxygen atoms in total. The van der Waals surface area contributed by atoms with E-state index in [9.17, 15) is 0 Å². The molecule has 98 valence electrons. The Morgan fingerprint density at radius 3 is 2.53 bits per heavy atom. The third kappa shape index (κ3) is 2.56. The van der Waals surface area contributed by atoms with E-state index in [1.54, 1.807) is 0 Å². The molecule has 0 saturated heterocycles. The quantitative estimate of drug-likeness (QED) is 0.914. The van der Waals surface area contributed by atoms with Crippen LogP contribution in [0.25, 0.3) is 0 Å². The van der Waals surface area contributed by atoms with Gasteiger partial charge in [0.2, 0.25) is 0 Å². The van der Waals surface area contributed by atoms with Gasteiger partial charge in [0, 0.05) is 6.54 Å². The van der Waals surface area contributed by atoms with Crippen molar-refractivity contribution in [3.8, 4) is 11.5 Å². The van der Waals surface area contributed by atoms with Gasteiger partial charge in [-0.3, -0.25) is 0 Å². The summed E-state index contributed by atoms with van der Waals surface area (Å²) < 4.78 is 11.7. The Morgan fingerprint density at radius 2 is 1.79 bits per heavy atom. The first-order valence-electron chi connectivity index (χ1n) is 6.49. The van der Waals surface area contributed by atoms with Gasteiger partial charge in [0.15, 0.2) is 17.6 Å². The van der Waals surface area contributed by atoms with Crippen molar-refractivity contribution in [2.24, 2.45) is 0 Å². The highest BCUT2D eigenvalue weighted by Crippen LogP contribution is 2.35. The maximum absolute atomic E-state index is 5.98. The molecule has 0 unspecified atom stereocenters. The van der Waals surface area contributed by atoms with Gasteiger partial charge in [-0.2, -0.15) is 0 Å². The Labute approximate surface area is 113 Å². The average molecular weight is 255 g/mol. The van der Waals surface area contributed by atoms with Gasteiger partial charge in [-0.25, -0.2) is 0 Å². The molecular formula is C16H17NO2. The van der Waals surface area contributed by atoms with Crippen molar-refractivity contribution in [2.75, 3.05) is 13.7 Å². The third-order valence-corrected chi connectivity index (χ3v) is 3.24. The Bertz CT molecular complexity index is 551. The largest absolute Gasteiger partial charge is 0.485 e. The van der Waals surface area contributed by atoms with Crippen LogP contribution in [0.2, 0.25) is 0 Å². The smallest absolute Gasteiger partial charge is 0.162 e.